The predicted octanol–water partition coefficient (Wildman–Crippen LogP) is 11.0. The minimum atomic E-state index is -0.485. The number of hydrogen-bond acceptors (Lipinski definition) is 4. The molecule has 10 rings (SSSR count). The molecule has 0 radical (unpaired) electrons. The third-order valence-corrected chi connectivity index (χ3v) is 8.94. The van der Waals surface area contributed by atoms with E-state index in [0.29, 0.717) is 11.1 Å². The van der Waals surface area contributed by atoms with Crippen molar-refractivity contribution in [2.75, 3.05) is 0 Å². The van der Waals surface area contributed by atoms with Gasteiger partial charge in [-0.2, -0.15) is 9.97 Å². The SMILES string of the molecule is [2H]c1c([2H])c([2H])c(-c2nc(-c3ccc4oc5ccc(-c6ccc7ccccc7c6)cc5c4c3)nc(-n3c4ccccc4c4ccccc43)n2)c([2H])c1[2H]. The summed E-state index contributed by atoms with van der Waals surface area (Å²) in [5.41, 5.74) is 5.84. The number of nitrogens with zero attached hydrogens (tertiary/aromatic N) is 4. The minimum Gasteiger partial charge on any atom is -0.456 e. The Bertz CT molecular complexity index is 3070. The second kappa shape index (κ2) is 10.5. The summed E-state index contributed by atoms with van der Waals surface area (Å²) in [5, 5.41) is 6.13. The Morgan fingerprint density at radius 3 is 1.75 bits per heavy atom. The van der Waals surface area contributed by atoms with Crippen LogP contribution in [0.1, 0.15) is 6.85 Å². The predicted molar refractivity (Wildman–Crippen MR) is 195 cm³/mol. The fourth-order valence-electron chi connectivity index (χ4n) is 6.67. The molecule has 0 aliphatic heterocycles. The van der Waals surface area contributed by atoms with Crippen LogP contribution in [0.4, 0.5) is 0 Å². The zero-order chi connectivity index (χ0) is 36.0. The summed E-state index contributed by atoms with van der Waals surface area (Å²) in [6.45, 7) is 0. The van der Waals surface area contributed by atoms with Gasteiger partial charge in [0.2, 0.25) is 5.95 Å². The molecule has 224 valence electrons. The van der Waals surface area contributed by atoms with Crippen molar-refractivity contribution in [3.8, 4) is 39.9 Å². The quantitative estimate of drug-likeness (QED) is 0.197. The van der Waals surface area contributed by atoms with Crippen molar-refractivity contribution in [1.29, 1.82) is 0 Å². The van der Waals surface area contributed by atoms with Gasteiger partial charge in [-0.15, -0.1) is 0 Å². The molecule has 0 N–H and O–H groups in total. The number of para-hydroxylation sites is 2. The van der Waals surface area contributed by atoms with Crippen molar-refractivity contribution in [1.82, 2.24) is 19.5 Å². The van der Waals surface area contributed by atoms with Crippen molar-refractivity contribution in [3.63, 3.8) is 0 Å². The zero-order valence-corrected chi connectivity index (χ0v) is 25.3. The Kier molecular flexibility index (Phi) is 4.81. The molecule has 5 nitrogen and oxygen atoms in total. The summed E-state index contributed by atoms with van der Waals surface area (Å²) in [5.74, 6) is 0.505. The summed E-state index contributed by atoms with van der Waals surface area (Å²) in [4.78, 5) is 14.7. The number of aromatic nitrogens is 4. The van der Waals surface area contributed by atoms with E-state index in [0.717, 1.165) is 54.7 Å². The highest BCUT2D eigenvalue weighted by Gasteiger charge is 2.18. The normalized spacial score (nSPS) is 13.2. The fraction of sp³-hybridized carbons (Fsp3) is 0. The Morgan fingerprint density at radius 2 is 1.02 bits per heavy atom. The van der Waals surface area contributed by atoms with Crippen LogP contribution < -0.4 is 0 Å². The van der Waals surface area contributed by atoms with Crippen molar-refractivity contribution >= 4 is 54.5 Å². The van der Waals surface area contributed by atoms with Crippen molar-refractivity contribution in [2.24, 2.45) is 0 Å². The monoisotopic (exact) mass is 619 g/mol. The molecular formula is C43H26N4O. The maximum absolute atomic E-state index is 8.78. The first-order valence-electron chi connectivity index (χ1n) is 18.1. The lowest BCUT2D eigenvalue weighted by atomic mass is 9.99. The van der Waals surface area contributed by atoms with E-state index < -0.39 is 18.1 Å². The van der Waals surface area contributed by atoms with Crippen molar-refractivity contribution in [3.05, 3.63) is 158 Å². The molecule has 0 spiro atoms. The van der Waals surface area contributed by atoms with Crippen LogP contribution >= 0.6 is 0 Å². The standard InChI is InChI=1S/C43H26N4O/c1-2-11-28(12-3-1)41-44-42(46-43(45-41)47-37-16-8-6-14-33(37)34-15-7-9-17-38(34)47)32-21-23-40-36(26-32)35-25-31(20-22-39(35)48-40)30-19-18-27-10-4-5-13-29(27)24-30/h1-26H/i1D,2D,3D,11D,12D. The molecule has 0 amide bonds. The molecule has 0 saturated heterocycles. The number of furan rings is 1. The Labute approximate surface area is 282 Å². The van der Waals surface area contributed by atoms with E-state index >= 15 is 0 Å². The molecule has 0 aliphatic rings. The van der Waals surface area contributed by atoms with E-state index in [1.807, 2.05) is 89.5 Å². The van der Waals surface area contributed by atoms with Gasteiger partial charge in [0.15, 0.2) is 11.6 Å². The zero-order valence-electron chi connectivity index (χ0n) is 30.3. The lowest BCUT2D eigenvalue weighted by Crippen LogP contribution is -2.06. The molecule has 5 heteroatoms. The van der Waals surface area contributed by atoms with E-state index in [9.17, 15) is 0 Å². The highest BCUT2D eigenvalue weighted by atomic mass is 16.3. The first-order valence-corrected chi connectivity index (χ1v) is 15.6. The van der Waals surface area contributed by atoms with Gasteiger partial charge >= 0.3 is 0 Å². The average molecular weight is 620 g/mol. The molecule has 10 aromatic rings. The second-order valence-electron chi connectivity index (χ2n) is 11.7. The molecule has 0 unspecified atom stereocenters. The van der Waals surface area contributed by atoms with Crippen LogP contribution in [0.5, 0.6) is 0 Å². The largest absolute Gasteiger partial charge is 0.456 e. The van der Waals surface area contributed by atoms with Gasteiger partial charge in [-0.05, 0) is 70.4 Å². The highest BCUT2D eigenvalue weighted by Crippen LogP contribution is 2.36. The van der Waals surface area contributed by atoms with E-state index in [1.54, 1.807) is 0 Å². The molecule has 7 aromatic carbocycles. The summed E-state index contributed by atoms with van der Waals surface area (Å²) in [6, 6.07) is 40.3. The van der Waals surface area contributed by atoms with Crippen molar-refractivity contribution < 1.29 is 11.3 Å². The van der Waals surface area contributed by atoms with Crippen LogP contribution in [-0.4, -0.2) is 19.5 Å². The third-order valence-electron chi connectivity index (χ3n) is 8.94. The lowest BCUT2D eigenvalue weighted by molar-refractivity contribution is 0.669. The molecular weight excluding hydrogens is 589 g/mol. The van der Waals surface area contributed by atoms with E-state index in [1.165, 1.54) is 5.39 Å². The van der Waals surface area contributed by atoms with Crippen molar-refractivity contribution in [2.45, 2.75) is 0 Å². The van der Waals surface area contributed by atoms with Crippen LogP contribution in [0.3, 0.4) is 0 Å². The van der Waals surface area contributed by atoms with Gasteiger partial charge in [0.05, 0.1) is 17.9 Å². The summed E-state index contributed by atoms with van der Waals surface area (Å²) in [7, 11) is 0. The van der Waals surface area contributed by atoms with Crippen LogP contribution in [-0.2, 0) is 0 Å². The highest BCUT2D eigenvalue weighted by molar-refractivity contribution is 6.09. The molecule has 0 saturated carbocycles. The van der Waals surface area contributed by atoms with Crippen LogP contribution in [0.2, 0.25) is 0 Å². The van der Waals surface area contributed by atoms with Gasteiger partial charge in [-0.25, -0.2) is 4.98 Å². The minimum absolute atomic E-state index is 0.0281. The molecule has 0 aliphatic carbocycles. The second-order valence-corrected chi connectivity index (χ2v) is 11.7. The number of fused-ring (bicyclic) bond motifs is 7. The molecule has 48 heavy (non-hydrogen) atoms. The van der Waals surface area contributed by atoms with Gasteiger partial charge in [0.25, 0.3) is 0 Å². The maximum atomic E-state index is 8.78. The van der Waals surface area contributed by atoms with Gasteiger partial charge < -0.3 is 4.42 Å². The first-order chi connectivity index (χ1) is 25.8. The fourth-order valence-corrected chi connectivity index (χ4v) is 6.67. The van der Waals surface area contributed by atoms with Crippen LogP contribution in [0, 0.1) is 0 Å². The van der Waals surface area contributed by atoms with Crippen LogP contribution in [0.15, 0.2) is 162 Å². The molecule has 0 bridgehead atoms. The first kappa shape index (κ1) is 22.0. The van der Waals surface area contributed by atoms with Gasteiger partial charge in [0, 0.05) is 32.7 Å². The Hall–Kier alpha value is -6.59. The summed E-state index contributed by atoms with van der Waals surface area (Å²) < 4.78 is 50.7. The summed E-state index contributed by atoms with van der Waals surface area (Å²) >= 11 is 0. The topological polar surface area (TPSA) is 56.7 Å². The third kappa shape index (κ3) is 4.22. The van der Waals surface area contributed by atoms with E-state index in [2.05, 4.69) is 42.5 Å². The van der Waals surface area contributed by atoms with Crippen LogP contribution in [0.25, 0.3) is 94.4 Å². The molecule has 0 atom stereocenters. The number of hydrogen-bond donors (Lipinski definition) is 0. The van der Waals surface area contributed by atoms with Gasteiger partial charge in [0.1, 0.15) is 11.2 Å². The Morgan fingerprint density at radius 1 is 0.458 bits per heavy atom. The van der Waals surface area contributed by atoms with Gasteiger partial charge in [-0.1, -0.05) is 109 Å². The average Bonchev–Trinajstić information content (AvgIpc) is 3.74. The summed E-state index contributed by atoms with van der Waals surface area (Å²) in [6.07, 6.45) is 0. The van der Waals surface area contributed by atoms with Gasteiger partial charge in [-0.3, -0.25) is 4.57 Å². The number of benzene rings is 7. The Balaban J connectivity index is 1.21. The molecule has 0 fully saturated rings. The lowest BCUT2D eigenvalue weighted by Gasteiger charge is -2.11. The van der Waals surface area contributed by atoms with E-state index in [-0.39, 0.29) is 35.2 Å². The van der Waals surface area contributed by atoms with E-state index in [4.69, 9.17) is 26.2 Å². The maximum Gasteiger partial charge on any atom is 0.238 e. The smallest absolute Gasteiger partial charge is 0.238 e. The molecule has 3 aromatic heterocycles. The molecule has 3 heterocycles. The number of rotatable bonds is 4.